The molecule has 0 atom stereocenters. The zero-order valence-electron chi connectivity index (χ0n) is 15.5. The molecule has 0 rings (SSSR count). The first-order valence-corrected chi connectivity index (χ1v) is 9.73. The lowest BCUT2D eigenvalue weighted by atomic mass is 10.0. The zero-order chi connectivity index (χ0) is 15.8. The standard InChI is InChI=1S/C20H43N/c1-5-7-8-9-10-11-12-13-14-15-16-17-18-19-20-21(3,4)6-2/h2,5-20H2,1,3-4H3/q+1. The second-order valence-electron chi connectivity index (χ2n) is 7.48. The summed E-state index contributed by atoms with van der Waals surface area (Å²) in [5.41, 5.74) is 0. The van der Waals surface area contributed by atoms with Crippen molar-refractivity contribution >= 4 is 0 Å². The molecule has 0 aliphatic rings. The summed E-state index contributed by atoms with van der Waals surface area (Å²) in [5.74, 6) is 0. The Kier molecular flexibility index (Phi) is 14.9. The van der Waals surface area contributed by atoms with Gasteiger partial charge in [0.1, 0.15) is 0 Å². The molecule has 0 bridgehead atoms. The van der Waals surface area contributed by atoms with Crippen molar-refractivity contribution in [3.05, 3.63) is 6.92 Å². The van der Waals surface area contributed by atoms with E-state index in [1.165, 1.54) is 96.4 Å². The first kappa shape index (κ1) is 21.0. The van der Waals surface area contributed by atoms with E-state index in [1.807, 2.05) is 0 Å². The normalized spacial score (nSPS) is 12.0. The van der Waals surface area contributed by atoms with Crippen molar-refractivity contribution < 1.29 is 4.48 Å². The fourth-order valence-electron chi connectivity index (χ4n) is 2.85. The Morgan fingerprint density at radius 1 is 0.571 bits per heavy atom. The largest absolute Gasteiger partial charge is 0.328 e. The summed E-state index contributed by atoms with van der Waals surface area (Å²) in [6.07, 6.45) is 20.2. The molecular formula is C20H43N+. The van der Waals surface area contributed by atoms with Crippen LogP contribution >= 0.6 is 0 Å². The maximum absolute atomic E-state index is 4.01. The van der Waals surface area contributed by atoms with Crippen LogP contribution in [0.1, 0.15) is 96.8 Å². The molecular weight excluding hydrogens is 254 g/mol. The van der Waals surface area contributed by atoms with Gasteiger partial charge < -0.3 is 4.48 Å². The smallest absolute Gasteiger partial charge is 0.0784 e. The molecule has 1 radical (unpaired) electrons. The topological polar surface area (TPSA) is 0 Å². The van der Waals surface area contributed by atoms with Gasteiger partial charge in [-0.15, -0.1) is 0 Å². The maximum Gasteiger partial charge on any atom is 0.0784 e. The highest BCUT2D eigenvalue weighted by molar-refractivity contribution is 4.49. The van der Waals surface area contributed by atoms with E-state index in [1.54, 1.807) is 0 Å². The highest BCUT2D eigenvalue weighted by atomic mass is 15.3. The van der Waals surface area contributed by atoms with Crippen LogP contribution in [0.25, 0.3) is 0 Å². The summed E-state index contributed by atoms with van der Waals surface area (Å²) < 4.78 is 1.08. The average molecular weight is 298 g/mol. The lowest BCUT2D eigenvalue weighted by molar-refractivity contribution is -0.885. The van der Waals surface area contributed by atoms with E-state index in [4.69, 9.17) is 0 Å². The number of hydrogen-bond donors (Lipinski definition) is 0. The summed E-state index contributed by atoms with van der Waals surface area (Å²) in [7, 11) is 4.57. The predicted molar refractivity (Wildman–Crippen MR) is 97.5 cm³/mol. The van der Waals surface area contributed by atoms with Crippen molar-refractivity contribution in [1.29, 1.82) is 0 Å². The van der Waals surface area contributed by atoms with E-state index in [9.17, 15) is 0 Å². The monoisotopic (exact) mass is 297 g/mol. The van der Waals surface area contributed by atoms with Crippen molar-refractivity contribution in [2.75, 3.05) is 27.2 Å². The maximum atomic E-state index is 4.01. The Balaban J connectivity index is 3.06. The lowest BCUT2D eigenvalue weighted by Gasteiger charge is -2.27. The molecule has 0 unspecified atom stereocenters. The van der Waals surface area contributed by atoms with E-state index in [-0.39, 0.29) is 0 Å². The van der Waals surface area contributed by atoms with Gasteiger partial charge in [0.05, 0.1) is 27.2 Å². The van der Waals surface area contributed by atoms with Gasteiger partial charge in [-0.25, -0.2) is 0 Å². The number of unbranched alkanes of at least 4 members (excludes halogenated alkanes) is 13. The van der Waals surface area contributed by atoms with Gasteiger partial charge in [0.15, 0.2) is 0 Å². The molecule has 21 heavy (non-hydrogen) atoms. The predicted octanol–water partition coefficient (Wildman–Crippen LogP) is 6.38. The second kappa shape index (κ2) is 14.9. The minimum Gasteiger partial charge on any atom is -0.328 e. The van der Waals surface area contributed by atoms with Gasteiger partial charge >= 0.3 is 0 Å². The molecule has 127 valence electrons. The van der Waals surface area contributed by atoms with Crippen LogP contribution in [0.15, 0.2) is 0 Å². The van der Waals surface area contributed by atoms with Gasteiger partial charge in [-0.3, -0.25) is 0 Å². The van der Waals surface area contributed by atoms with E-state index < -0.39 is 0 Å². The number of nitrogens with zero attached hydrogens (tertiary/aromatic N) is 1. The van der Waals surface area contributed by atoms with Crippen molar-refractivity contribution in [2.45, 2.75) is 96.8 Å². The zero-order valence-corrected chi connectivity index (χ0v) is 15.5. The Bertz CT molecular complexity index is 198. The molecule has 0 heterocycles. The highest BCUT2D eigenvalue weighted by Gasteiger charge is 2.09. The number of quaternary nitrogens is 1. The molecule has 1 nitrogen and oxygen atoms in total. The van der Waals surface area contributed by atoms with Gasteiger partial charge in [-0.05, 0) is 12.8 Å². The van der Waals surface area contributed by atoms with Crippen LogP contribution in [-0.4, -0.2) is 31.7 Å². The first-order chi connectivity index (χ1) is 10.1. The summed E-state index contributed by atoms with van der Waals surface area (Å²) in [4.78, 5) is 0. The van der Waals surface area contributed by atoms with Gasteiger partial charge in [-0.2, -0.15) is 0 Å². The molecule has 0 saturated carbocycles. The van der Waals surface area contributed by atoms with Gasteiger partial charge in [-0.1, -0.05) is 84.0 Å². The van der Waals surface area contributed by atoms with Gasteiger partial charge in [0, 0.05) is 6.92 Å². The molecule has 0 aromatic rings. The van der Waals surface area contributed by atoms with Crippen LogP contribution in [0.3, 0.4) is 0 Å². The summed E-state index contributed by atoms with van der Waals surface area (Å²) >= 11 is 0. The third-order valence-corrected chi connectivity index (χ3v) is 4.72. The highest BCUT2D eigenvalue weighted by Crippen LogP contribution is 2.13. The van der Waals surface area contributed by atoms with Crippen molar-refractivity contribution in [3.8, 4) is 0 Å². The Hall–Kier alpha value is -0.0400. The quantitative estimate of drug-likeness (QED) is 0.229. The lowest BCUT2D eigenvalue weighted by Crippen LogP contribution is -2.40. The van der Waals surface area contributed by atoms with Crippen molar-refractivity contribution in [3.63, 3.8) is 0 Å². The van der Waals surface area contributed by atoms with Crippen LogP contribution in [0, 0.1) is 6.92 Å². The van der Waals surface area contributed by atoms with Crippen LogP contribution < -0.4 is 0 Å². The number of rotatable bonds is 16. The van der Waals surface area contributed by atoms with Crippen LogP contribution in [0.2, 0.25) is 0 Å². The molecule has 0 spiro atoms. The average Bonchev–Trinajstić information content (AvgIpc) is 2.47. The van der Waals surface area contributed by atoms with Crippen LogP contribution in [0.5, 0.6) is 0 Å². The van der Waals surface area contributed by atoms with E-state index in [0.29, 0.717) is 0 Å². The Labute approximate surface area is 136 Å². The number of hydrogen-bond acceptors (Lipinski definition) is 0. The third-order valence-electron chi connectivity index (χ3n) is 4.72. The van der Waals surface area contributed by atoms with Crippen molar-refractivity contribution in [1.82, 2.24) is 0 Å². The SMILES string of the molecule is [CH2]C[N+](C)(C)CCCCCCCCCCCCCCCC. The van der Waals surface area contributed by atoms with E-state index >= 15 is 0 Å². The molecule has 0 aromatic heterocycles. The molecule has 0 aliphatic carbocycles. The summed E-state index contributed by atoms with van der Waals surface area (Å²) in [6, 6.07) is 0. The molecule has 0 amide bonds. The molecule has 0 aromatic carbocycles. The molecule has 0 N–H and O–H groups in total. The minimum absolute atomic E-state index is 1.01. The van der Waals surface area contributed by atoms with Gasteiger partial charge in [0.25, 0.3) is 0 Å². The first-order valence-electron chi connectivity index (χ1n) is 9.73. The van der Waals surface area contributed by atoms with E-state index in [0.717, 1.165) is 11.0 Å². The van der Waals surface area contributed by atoms with Crippen LogP contribution in [-0.2, 0) is 0 Å². The third kappa shape index (κ3) is 16.2. The van der Waals surface area contributed by atoms with E-state index in [2.05, 4.69) is 27.9 Å². The molecule has 0 saturated heterocycles. The summed E-state index contributed by atoms with van der Waals surface area (Å²) in [6.45, 7) is 8.61. The van der Waals surface area contributed by atoms with Gasteiger partial charge in [0.2, 0.25) is 0 Å². The second-order valence-corrected chi connectivity index (χ2v) is 7.48. The van der Waals surface area contributed by atoms with Crippen LogP contribution in [0.4, 0.5) is 0 Å². The molecule has 0 aliphatic heterocycles. The Morgan fingerprint density at radius 2 is 0.905 bits per heavy atom. The fourth-order valence-corrected chi connectivity index (χ4v) is 2.85. The minimum atomic E-state index is 1.01. The van der Waals surface area contributed by atoms with Crippen molar-refractivity contribution in [2.24, 2.45) is 0 Å². The Morgan fingerprint density at radius 3 is 1.24 bits per heavy atom. The molecule has 0 fully saturated rings. The fraction of sp³-hybridized carbons (Fsp3) is 0.950. The molecule has 1 heteroatoms. The summed E-state index contributed by atoms with van der Waals surface area (Å²) in [5, 5.41) is 0.